The number of ether oxygens (including phenoxy) is 1. The molecular weight excluding hydrogens is 336 g/mol. The second-order valence-electron chi connectivity index (χ2n) is 5.14. The molecule has 0 unspecified atom stereocenters. The molecule has 0 N–H and O–H groups in total. The van der Waals surface area contributed by atoms with Crippen LogP contribution >= 0.6 is 23.1 Å². The van der Waals surface area contributed by atoms with Gasteiger partial charge in [-0.2, -0.15) is 0 Å². The van der Waals surface area contributed by atoms with Crippen molar-refractivity contribution in [3.8, 4) is 5.75 Å². The first-order valence-corrected chi connectivity index (χ1v) is 9.14. The summed E-state index contributed by atoms with van der Waals surface area (Å²) in [5.41, 5.74) is 3.07. The Kier molecular flexibility index (Phi) is 4.19. The van der Waals surface area contributed by atoms with Crippen molar-refractivity contribution in [3.63, 3.8) is 0 Å². The van der Waals surface area contributed by atoms with Crippen molar-refractivity contribution in [2.24, 2.45) is 4.99 Å². The SMILES string of the molecule is COc1ccc(C2=C(c3cccs3)Sc3ncccc3C=N2)cc1. The quantitative estimate of drug-likeness (QED) is 0.651. The molecule has 0 atom stereocenters. The number of pyridine rings is 1. The fraction of sp³-hybridized carbons (Fsp3) is 0.0526. The third kappa shape index (κ3) is 2.88. The van der Waals surface area contributed by atoms with Crippen LogP contribution in [-0.2, 0) is 0 Å². The Bertz CT molecular complexity index is 913. The number of hydrogen-bond acceptors (Lipinski definition) is 5. The number of hydrogen-bond donors (Lipinski definition) is 0. The van der Waals surface area contributed by atoms with Gasteiger partial charge in [0.05, 0.1) is 17.7 Å². The standard InChI is InChI=1S/C19H14N2OS2/c1-22-15-8-6-13(7-9-15)17-18(16-5-3-11-23-16)24-19-14(12-21-17)4-2-10-20-19/h2-12H,1H3. The van der Waals surface area contributed by atoms with Gasteiger partial charge in [-0.1, -0.05) is 17.8 Å². The highest BCUT2D eigenvalue weighted by Gasteiger charge is 2.18. The molecular formula is C19H14N2OS2. The van der Waals surface area contributed by atoms with Crippen molar-refractivity contribution in [2.45, 2.75) is 5.03 Å². The largest absolute Gasteiger partial charge is 0.497 e. The van der Waals surface area contributed by atoms with Crippen molar-refractivity contribution < 1.29 is 4.74 Å². The minimum atomic E-state index is 0.840. The van der Waals surface area contributed by atoms with Crippen LogP contribution in [0.4, 0.5) is 0 Å². The Hall–Kier alpha value is -2.37. The van der Waals surface area contributed by atoms with Crippen molar-refractivity contribution >= 4 is 39.9 Å². The highest BCUT2D eigenvalue weighted by molar-refractivity contribution is 8.08. The fourth-order valence-corrected chi connectivity index (χ4v) is 4.37. The second kappa shape index (κ2) is 6.63. The van der Waals surface area contributed by atoms with Crippen LogP contribution in [0.2, 0.25) is 0 Å². The summed E-state index contributed by atoms with van der Waals surface area (Å²) in [5.74, 6) is 0.840. The van der Waals surface area contributed by atoms with Crippen LogP contribution in [0.3, 0.4) is 0 Å². The third-order valence-electron chi connectivity index (χ3n) is 3.66. The molecule has 0 radical (unpaired) electrons. The predicted octanol–water partition coefficient (Wildman–Crippen LogP) is 5.20. The average molecular weight is 350 g/mol. The maximum absolute atomic E-state index is 5.26. The number of aromatic nitrogens is 1. The summed E-state index contributed by atoms with van der Waals surface area (Å²) in [6.45, 7) is 0. The first-order valence-electron chi connectivity index (χ1n) is 7.44. The van der Waals surface area contributed by atoms with E-state index in [0.29, 0.717) is 0 Å². The predicted molar refractivity (Wildman–Crippen MR) is 102 cm³/mol. The van der Waals surface area contributed by atoms with E-state index in [1.54, 1.807) is 30.2 Å². The van der Waals surface area contributed by atoms with Crippen LogP contribution in [0.15, 0.2) is 70.1 Å². The number of benzene rings is 1. The molecule has 0 aliphatic carbocycles. The lowest BCUT2D eigenvalue weighted by Gasteiger charge is -2.09. The minimum absolute atomic E-state index is 0.840. The van der Waals surface area contributed by atoms with Gasteiger partial charge in [-0.3, -0.25) is 4.99 Å². The highest BCUT2D eigenvalue weighted by atomic mass is 32.2. The number of thioether (sulfide) groups is 1. The molecule has 0 saturated carbocycles. The monoisotopic (exact) mass is 350 g/mol. The Balaban J connectivity index is 1.88. The number of methoxy groups -OCH3 is 1. The van der Waals surface area contributed by atoms with Gasteiger partial charge in [0.2, 0.25) is 0 Å². The van der Waals surface area contributed by atoms with Gasteiger partial charge in [-0.15, -0.1) is 11.3 Å². The van der Waals surface area contributed by atoms with E-state index in [-0.39, 0.29) is 0 Å². The van der Waals surface area contributed by atoms with Crippen LogP contribution in [0.25, 0.3) is 10.6 Å². The number of nitrogens with zero attached hydrogens (tertiary/aromatic N) is 2. The topological polar surface area (TPSA) is 34.5 Å². The Labute approximate surface area is 148 Å². The second-order valence-corrected chi connectivity index (χ2v) is 7.09. The number of rotatable bonds is 3. The number of aliphatic imine (C=N–C) groups is 1. The maximum Gasteiger partial charge on any atom is 0.118 e. The molecule has 1 aliphatic rings. The molecule has 4 rings (SSSR count). The van der Waals surface area contributed by atoms with Crippen LogP contribution in [0.5, 0.6) is 5.75 Å². The van der Waals surface area contributed by atoms with Gasteiger partial charge in [0.15, 0.2) is 0 Å². The van der Waals surface area contributed by atoms with E-state index in [0.717, 1.165) is 32.5 Å². The third-order valence-corrected chi connectivity index (χ3v) is 5.82. The molecule has 0 saturated heterocycles. The molecule has 0 fully saturated rings. The first-order chi connectivity index (χ1) is 11.8. The smallest absolute Gasteiger partial charge is 0.118 e. The molecule has 0 bridgehead atoms. The molecule has 1 aromatic carbocycles. The lowest BCUT2D eigenvalue weighted by Crippen LogP contribution is -1.87. The molecule has 2 aromatic heterocycles. The Morgan fingerprint density at radius 3 is 2.62 bits per heavy atom. The molecule has 24 heavy (non-hydrogen) atoms. The molecule has 3 heterocycles. The van der Waals surface area contributed by atoms with Crippen molar-refractivity contribution in [3.05, 3.63) is 76.1 Å². The minimum Gasteiger partial charge on any atom is -0.497 e. The summed E-state index contributed by atoms with van der Waals surface area (Å²) in [6.07, 6.45) is 3.72. The first kappa shape index (κ1) is 15.2. The molecule has 3 nitrogen and oxygen atoms in total. The van der Waals surface area contributed by atoms with Gasteiger partial charge >= 0.3 is 0 Å². The molecule has 5 heteroatoms. The highest BCUT2D eigenvalue weighted by Crippen LogP contribution is 2.44. The van der Waals surface area contributed by atoms with Gasteiger partial charge in [-0.25, -0.2) is 4.98 Å². The average Bonchev–Trinajstić information content (AvgIpc) is 3.10. The van der Waals surface area contributed by atoms with Gasteiger partial charge in [0.1, 0.15) is 10.8 Å². The van der Waals surface area contributed by atoms with E-state index >= 15 is 0 Å². The van der Waals surface area contributed by atoms with E-state index in [2.05, 4.69) is 22.5 Å². The van der Waals surface area contributed by atoms with Gasteiger partial charge in [0.25, 0.3) is 0 Å². The number of thiophene rings is 1. The summed E-state index contributed by atoms with van der Waals surface area (Å²) in [5, 5.41) is 3.07. The van der Waals surface area contributed by atoms with Crippen molar-refractivity contribution in [1.82, 2.24) is 4.98 Å². The molecule has 118 valence electrons. The van der Waals surface area contributed by atoms with E-state index in [4.69, 9.17) is 9.73 Å². The van der Waals surface area contributed by atoms with Gasteiger partial charge in [0, 0.05) is 28.4 Å². The lowest BCUT2D eigenvalue weighted by molar-refractivity contribution is 0.415. The summed E-state index contributed by atoms with van der Waals surface area (Å²) >= 11 is 3.39. The fourth-order valence-electron chi connectivity index (χ4n) is 2.45. The zero-order chi connectivity index (χ0) is 16.4. The van der Waals surface area contributed by atoms with Crippen LogP contribution in [-0.4, -0.2) is 18.3 Å². The maximum atomic E-state index is 5.26. The van der Waals surface area contributed by atoms with E-state index in [1.807, 2.05) is 48.8 Å². The van der Waals surface area contributed by atoms with Crippen LogP contribution < -0.4 is 4.74 Å². The summed E-state index contributed by atoms with van der Waals surface area (Å²) in [6, 6.07) is 16.2. The van der Waals surface area contributed by atoms with Crippen molar-refractivity contribution in [1.29, 1.82) is 0 Å². The summed E-state index contributed by atoms with van der Waals surface area (Å²) in [4.78, 5) is 11.6. The molecule has 3 aromatic rings. The van der Waals surface area contributed by atoms with Gasteiger partial charge < -0.3 is 4.74 Å². The lowest BCUT2D eigenvalue weighted by atomic mass is 10.1. The summed E-state index contributed by atoms with van der Waals surface area (Å²) < 4.78 is 5.26. The molecule has 0 amide bonds. The Morgan fingerprint density at radius 1 is 1.00 bits per heavy atom. The summed E-state index contributed by atoms with van der Waals surface area (Å²) in [7, 11) is 1.67. The molecule has 1 aliphatic heterocycles. The zero-order valence-corrected chi connectivity index (χ0v) is 14.6. The van der Waals surface area contributed by atoms with Gasteiger partial charge in [-0.05, 0) is 47.8 Å². The van der Waals surface area contributed by atoms with Crippen molar-refractivity contribution in [2.75, 3.05) is 7.11 Å². The van der Waals surface area contributed by atoms with Crippen LogP contribution in [0, 0.1) is 0 Å². The normalized spacial score (nSPS) is 13.5. The van der Waals surface area contributed by atoms with E-state index in [9.17, 15) is 0 Å². The van der Waals surface area contributed by atoms with E-state index < -0.39 is 0 Å². The van der Waals surface area contributed by atoms with Crippen LogP contribution in [0.1, 0.15) is 16.0 Å². The number of fused-ring (bicyclic) bond motifs is 1. The molecule has 0 spiro atoms. The Morgan fingerprint density at radius 2 is 1.88 bits per heavy atom. The zero-order valence-electron chi connectivity index (χ0n) is 13.0. The van der Waals surface area contributed by atoms with E-state index in [1.165, 1.54) is 4.88 Å².